The summed E-state index contributed by atoms with van der Waals surface area (Å²) in [4.78, 5) is 12.7. The highest BCUT2D eigenvalue weighted by molar-refractivity contribution is 5.82. The van der Waals surface area contributed by atoms with Gasteiger partial charge in [0.2, 0.25) is 0 Å². The van der Waals surface area contributed by atoms with Crippen molar-refractivity contribution >= 4 is 5.97 Å². The molecule has 1 aliphatic heterocycles. The second-order valence-corrected chi connectivity index (χ2v) is 6.63. The Balaban J connectivity index is 2.19. The number of benzene rings is 1. The molecule has 3 nitrogen and oxygen atoms in total. The SMILES string of the molecule is CC(C)(C)OC(=O)[C@@]1(Cc2ccccc2)CCCCN1. The van der Waals surface area contributed by atoms with E-state index >= 15 is 0 Å². The van der Waals surface area contributed by atoms with Gasteiger partial charge >= 0.3 is 5.97 Å². The maximum atomic E-state index is 12.7. The van der Waals surface area contributed by atoms with Gasteiger partial charge in [-0.1, -0.05) is 30.3 Å². The Morgan fingerprint density at radius 2 is 1.95 bits per heavy atom. The summed E-state index contributed by atoms with van der Waals surface area (Å²) in [6, 6.07) is 10.2. The molecule has 0 unspecified atom stereocenters. The van der Waals surface area contributed by atoms with Crippen molar-refractivity contribution in [2.24, 2.45) is 0 Å². The summed E-state index contributed by atoms with van der Waals surface area (Å²) >= 11 is 0. The van der Waals surface area contributed by atoms with Gasteiger partial charge in [-0.25, -0.2) is 0 Å². The lowest BCUT2D eigenvalue weighted by atomic mass is 9.83. The van der Waals surface area contributed by atoms with Crippen LogP contribution in [-0.4, -0.2) is 23.7 Å². The molecule has 1 fully saturated rings. The molecule has 1 atom stereocenters. The van der Waals surface area contributed by atoms with Crippen LogP contribution >= 0.6 is 0 Å². The lowest BCUT2D eigenvalue weighted by molar-refractivity contribution is -0.164. The van der Waals surface area contributed by atoms with Crippen LogP contribution in [0, 0.1) is 0 Å². The molecule has 0 aliphatic carbocycles. The number of hydrogen-bond donors (Lipinski definition) is 1. The Kier molecular flexibility index (Phi) is 4.48. The summed E-state index contributed by atoms with van der Waals surface area (Å²) in [5.74, 6) is -0.117. The fraction of sp³-hybridized carbons (Fsp3) is 0.588. The van der Waals surface area contributed by atoms with Gasteiger partial charge in [-0.15, -0.1) is 0 Å². The van der Waals surface area contributed by atoms with Crippen molar-refractivity contribution in [1.82, 2.24) is 5.32 Å². The van der Waals surface area contributed by atoms with Crippen molar-refractivity contribution in [3.05, 3.63) is 35.9 Å². The zero-order valence-corrected chi connectivity index (χ0v) is 12.7. The summed E-state index contributed by atoms with van der Waals surface area (Å²) in [7, 11) is 0. The smallest absolute Gasteiger partial charge is 0.327 e. The second-order valence-electron chi connectivity index (χ2n) is 6.63. The van der Waals surface area contributed by atoms with Crippen LogP contribution < -0.4 is 5.32 Å². The molecule has 1 aromatic rings. The van der Waals surface area contributed by atoms with E-state index in [-0.39, 0.29) is 5.97 Å². The number of carbonyl (C=O) groups excluding carboxylic acids is 1. The van der Waals surface area contributed by atoms with Crippen molar-refractivity contribution in [2.45, 2.75) is 57.6 Å². The maximum Gasteiger partial charge on any atom is 0.327 e. The van der Waals surface area contributed by atoms with Gasteiger partial charge in [-0.05, 0) is 52.1 Å². The molecule has 0 radical (unpaired) electrons. The summed E-state index contributed by atoms with van der Waals surface area (Å²) in [5.41, 5.74) is 0.167. The summed E-state index contributed by atoms with van der Waals surface area (Å²) in [6.45, 7) is 6.64. The molecule has 0 aromatic heterocycles. The summed E-state index contributed by atoms with van der Waals surface area (Å²) < 4.78 is 5.65. The van der Waals surface area contributed by atoms with Crippen LogP contribution in [0.15, 0.2) is 30.3 Å². The highest BCUT2D eigenvalue weighted by atomic mass is 16.6. The Morgan fingerprint density at radius 3 is 2.50 bits per heavy atom. The Labute approximate surface area is 121 Å². The quantitative estimate of drug-likeness (QED) is 0.862. The molecule has 1 N–H and O–H groups in total. The van der Waals surface area contributed by atoms with Crippen molar-refractivity contribution in [3.63, 3.8) is 0 Å². The predicted molar refractivity (Wildman–Crippen MR) is 80.6 cm³/mol. The number of hydrogen-bond acceptors (Lipinski definition) is 3. The normalized spacial score (nSPS) is 23.4. The van der Waals surface area contributed by atoms with E-state index in [9.17, 15) is 4.79 Å². The average Bonchev–Trinajstić information content (AvgIpc) is 2.39. The predicted octanol–water partition coefficient (Wildman–Crippen LogP) is 3.08. The van der Waals surface area contributed by atoms with E-state index in [0.29, 0.717) is 6.42 Å². The van der Waals surface area contributed by atoms with Gasteiger partial charge in [0.05, 0.1) is 0 Å². The number of piperidine rings is 1. The van der Waals surface area contributed by atoms with Gasteiger partial charge < -0.3 is 10.1 Å². The van der Waals surface area contributed by atoms with Gasteiger partial charge in [0.1, 0.15) is 11.1 Å². The Hall–Kier alpha value is -1.35. The summed E-state index contributed by atoms with van der Waals surface area (Å²) in [6.07, 6.45) is 3.73. The monoisotopic (exact) mass is 275 g/mol. The van der Waals surface area contributed by atoms with Crippen LogP contribution in [-0.2, 0) is 16.0 Å². The van der Waals surface area contributed by atoms with E-state index in [1.54, 1.807) is 0 Å². The molecule has 0 bridgehead atoms. The van der Waals surface area contributed by atoms with Crippen LogP contribution in [0.25, 0.3) is 0 Å². The third kappa shape index (κ3) is 3.83. The number of ether oxygens (including phenoxy) is 1. The summed E-state index contributed by atoms with van der Waals surface area (Å²) in [5, 5.41) is 3.43. The minimum atomic E-state index is -0.563. The van der Waals surface area contributed by atoms with E-state index in [2.05, 4.69) is 17.4 Å². The van der Waals surface area contributed by atoms with Crippen LogP contribution in [0.3, 0.4) is 0 Å². The van der Waals surface area contributed by atoms with E-state index in [1.807, 2.05) is 39.0 Å². The van der Waals surface area contributed by atoms with Crippen LogP contribution in [0.4, 0.5) is 0 Å². The fourth-order valence-electron chi connectivity index (χ4n) is 2.69. The molecular formula is C17H25NO2. The zero-order valence-electron chi connectivity index (χ0n) is 12.7. The van der Waals surface area contributed by atoms with E-state index in [0.717, 1.165) is 25.8 Å². The molecule has 20 heavy (non-hydrogen) atoms. The molecule has 0 spiro atoms. The first kappa shape index (κ1) is 15.0. The van der Waals surface area contributed by atoms with Crippen molar-refractivity contribution in [1.29, 1.82) is 0 Å². The average molecular weight is 275 g/mol. The lowest BCUT2D eigenvalue weighted by Gasteiger charge is -2.38. The zero-order chi connectivity index (χ0) is 14.6. The number of nitrogens with one attached hydrogen (secondary N) is 1. The highest BCUT2D eigenvalue weighted by Gasteiger charge is 2.42. The molecule has 2 rings (SSSR count). The number of carbonyl (C=O) groups is 1. The molecular weight excluding hydrogens is 250 g/mol. The third-order valence-electron chi connectivity index (χ3n) is 3.63. The largest absolute Gasteiger partial charge is 0.459 e. The first-order chi connectivity index (χ1) is 9.41. The second kappa shape index (κ2) is 5.96. The first-order valence-corrected chi connectivity index (χ1v) is 7.44. The van der Waals surface area contributed by atoms with Gasteiger partial charge in [-0.2, -0.15) is 0 Å². The minimum Gasteiger partial charge on any atom is -0.459 e. The number of esters is 1. The maximum absolute atomic E-state index is 12.7. The highest BCUT2D eigenvalue weighted by Crippen LogP contribution is 2.27. The molecule has 1 aromatic carbocycles. The molecule has 3 heteroatoms. The van der Waals surface area contributed by atoms with Crippen molar-refractivity contribution in [2.75, 3.05) is 6.54 Å². The van der Waals surface area contributed by atoms with E-state index in [4.69, 9.17) is 4.74 Å². The number of rotatable bonds is 3. The molecule has 110 valence electrons. The molecule has 0 amide bonds. The molecule has 1 heterocycles. The van der Waals surface area contributed by atoms with Crippen molar-refractivity contribution in [3.8, 4) is 0 Å². The van der Waals surface area contributed by atoms with Gasteiger partial charge in [0.15, 0.2) is 0 Å². The van der Waals surface area contributed by atoms with Gasteiger partial charge in [-0.3, -0.25) is 4.79 Å². The first-order valence-electron chi connectivity index (χ1n) is 7.44. The third-order valence-corrected chi connectivity index (χ3v) is 3.63. The topological polar surface area (TPSA) is 38.3 Å². The van der Waals surface area contributed by atoms with Gasteiger partial charge in [0, 0.05) is 6.42 Å². The Bertz CT molecular complexity index is 442. The lowest BCUT2D eigenvalue weighted by Crippen LogP contribution is -2.58. The van der Waals surface area contributed by atoms with Crippen LogP contribution in [0.2, 0.25) is 0 Å². The molecule has 1 saturated heterocycles. The van der Waals surface area contributed by atoms with E-state index in [1.165, 1.54) is 5.56 Å². The fourth-order valence-corrected chi connectivity index (χ4v) is 2.69. The van der Waals surface area contributed by atoms with Gasteiger partial charge in [0.25, 0.3) is 0 Å². The molecule has 0 saturated carbocycles. The minimum absolute atomic E-state index is 0.117. The van der Waals surface area contributed by atoms with E-state index < -0.39 is 11.1 Å². The molecule has 1 aliphatic rings. The Morgan fingerprint density at radius 1 is 1.25 bits per heavy atom. The van der Waals surface area contributed by atoms with Crippen LogP contribution in [0.5, 0.6) is 0 Å². The van der Waals surface area contributed by atoms with Crippen molar-refractivity contribution < 1.29 is 9.53 Å². The van der Waals surface area contributed by atoms with Crippen LogP contribution in [0.1, 0.15) is 45.6 Å². The standard InChI is InChI=1S/C17H25NO2/c1-16(2,3)20-15(19)17(11-7-8-12-18-17)13-14-9-5-4-6-10-14/h4-6,9-10,18H,7-8,11-13H2,1-3H3/t17-/m0/s1.